The number of aromatic amines is 1. The van der Waals surface area contributed by atoms with E-state index in [0.29, 0.717) is 13.0 Å². The number of phenolic OH excluding ortho intramolecular Hbond substituents is 1. The number of aromatic nitrogens is 1. The Kier molecular flexibility index (Phi) is 5.84. The van der Waals surface area contributed by atoms with Gasteiger partial charge in [0.1, 0.15) is 17.3 Å². The van der Waals surface area contributed by atoms with Gasteiger partial charge >= 0.3 is 6.03 Å². The molecule has 2 aromatic carbocycles. The number of halogens is 1. The summed E-state index contributed by atoms with van der Waals surface area (Å²) in [6.45, 7) is 5.42. The van der Waals surface area contributed by atoms with E-state index in [-0.39, 0.29) is 17.7 Å². The van der Waals surface area contributed by atoms with Crippen LogP contribution in [-0.4, -0.2) is 68.4 Å². The summed E-state index contributed by atoms with van der Waals surface area (Å²) in [7, 11) is 0. The molecule has 7 nitrogen and oxygen atoms in total. The normalized spacial score (nSPS) is 24.4. The maximum absolute atomic E-state index is 13.9. The van der Waals surface area contributed by atoms with Crippen molar-refractivity contribution in [1.82, 2.24) is 19.7 Å². The number of nitrogens with zero attached hydrogens (tertiary/aromatic N) is 3. The highest BCUT2D eigenvalue weighted by Gasteiger charge is 2.60. The van der Waals surface area contributed by atoms with Gasteiger partial charge in [-0.1, -0.05) is 34.5 Å². The molecule has 36 heavy (non-hydrogen) atoms. The molecule has 3 aliphatic heterocycles. The van der Waals surface area contributed by atoms with E-state index in [0.717, 1.165) is 58.3 Å². The molecule has 3 amide bonds. The lowest BCUT2D eigenvalue weighted by Crippen LogP contribution is -2.53. The van der Waals surface area contributed by atoms with E-state index in [4.69, 9.17) is 0 Å². The van der Waals surface area contributed by atoms with Crippen LogP contribution in [0.5, 0.6) is 5.75 Å². The van der Waals surface area contributed by atoms with Crippen LogP contribution in [0.15, 0.2) is 46.9 Å². The minimum absolute atomic E-state index is 0.133. The molecule has 2 saturated heterocycles. The van der Waals surface area contributed by atoms with Crippen LogP contribution in [0, 0.1) is 0 Å². The van der Waals surface area contributed by atoms with Crippen molar-refractivity contribution >= 4 is 38.8 Å². The molecule has 0 spiro atoms. The smallest absolute Gasteiger partial charge is 0.328 e. The molecule has 0 radical (unpaired) electrons. The fourth-order valence-corrected chi connectivity index (χ4v) is 6.72. The highest BCUT2D eigenvalue weighted by Crippen LogP contribution is 2.49. The molecule has 3 aromatic rings. The Balaban J connectivity index is 1.39. The Bertz CT molecular complexity index is 1350. The van der Waals surface area contributed by atoms with Crippen LogP contribution in [0.2, 0.25) is 0 Å². The van der Waals surface area contributed by atoms with Crippen molar-refractivity contribution in [3.8, 4) is 5.75 Å². The summed E-state index contributed by atoms with van der Waals surface area (Å²) < 4.78 is 0.964. The van der Waals surface area contributed by atoms with Crippen molar-refractivity contribution in [3.05, 3.63) is 63.8 Å². The number of nitrogens with one attached hydrogen (secondary N) is 1. The zero-order valence-electron chi connectivity index (χ0n) is 20.5. The monoisotopic (exact) mass is 550 g/mol. The number of carbonyl (C=O) groups excluding carboxylic acids is 2. The van der Waals surface area contributed by atoms with Gasteiger partial charge in [0.25, 0.3) is 5.91 Å². The van der Waals surface area contributed by atoms with E-state index in [2.05, 4.69) is 31.9 Å². The van der Waals surface area contributed by atoms with Gasteiger partial charge in [0, 0.05) is 34.0 Å². The molecule has 188 valence electrons. The Morgan fingerprint density at radius 1 is 1.08 bits per heavy atom. The van der Waals surface area contributed by atoms with Gasteiger partial charge in [-0.05, 0) is 87.3 Å². The highest BCUT2D eigenvalue weighted by molar-refractivity contribution is 9.10. The fraction of sp³-hybridized carbons (Fsp3) is 0.429. The second kappa shape index (κ2) is 8.92. The lowest BCUT2D eigenvalue weighted by atomic mass is 9.81. The molecule has 3 aliphatic rings. The number of piperidine rings is 1. The molecule has 1 aromatic heterocycles. The number of H-pyrrole nitrogens is 1. The number of urea groups is 1. The predicted molar refractivity (Wildman–Crippen MR) is 142 cm³/mol. The summed E-state index contributed by atoms with van der Waals surface area (Å²) >= 11 is 3.59. The van der Waals surface area contributed by atoms with Crippen LogP contribution in [0.3, 0.4) is 0 Å². The van der Waals surface area contributed by atoms with Gasteiger partial charge in [0.2, 0.25) is 0 Å². The number of fused-ring (bicyclic) bond motifs is 4. The van der Waals surface area contributed by atoms with E-state index >= 15 is 0 Å². The molecule has 8 heteroatoms. The number of carbonyl (C=O) groups is 2. The summed E-state index contributed by atoms with van der Waals surface area (Å²) in [6.07, 6.45) is 4.96. The maximum atomic E-state index is 13.9. The van der Waals surface area contributed by atoms with Gasteiger partial charge in [-0.25, -0.2) is 4.79 Å². The Labute approximate surface area is 219 Å². The third-order valence-electron chi connectivity index (χ3n) is 8.12. The summed E-state index contributed by atoms with van der Waals surface area (Å²) in [5.41, 5.74) is 2.71. The zero-order chi connectivity index (χ0) is 25.0. The fourth-order valence-electron chi connectivity index (χ4n) is 6.36. The van der Waals surface area contributed by atoms with E-state index in [1.807, 2.05) is 25.1 Å². The zero-order valence-corrected chi connectivity index (χ0v) is 22.1. The Morgan fingerprint density at radius 3 is 2.67 bits per heavy atom. The molecular weight excluding hydrogens is 520 g/mol. The number of phenols is 1. The molecule has 4 heterocycles. The van der Waals surface area contributed by atoms with E-state index in [1.165, 1.54) is 24.2 Å². The van der Waals surface area contributed by atoms with Crippen molar-refractivity contribution in [2.24, 2.45) is 0 Å². The maximum Gasteiger partial charge on any atom is 0.328 e. The number of benzene rings is 2. The van der Waals surface area contributed by atoms with Crippen LogP contribution in [0.1, 0.15) is 55.5 Å². The van der Waals surface area contributed by atoms with E-state index in [9.17, 15) is 14.7 Å². The number of hydrogen-bond donors (Lipinski definition) is 2. The van der Waals surface area contributed by atoms with Crippen LogP contribution in [0.4, 0.5) is 4.79 Å². The number of amides is 3. The molecule has 2 unspecified atom stereocenters. The number of rotatable bonds is 5. The quantitative estimate of drug-likeness (QED) is 0.429. The third kappa shape index (κ3) is 3.73. The first-order valence-corrected chi connectivity index (χ1v) is 13.6. The first-order chi connectivity index (χ1) is 17.4. The van der Waals surface area contributed by atoms with Crippen molar-refractivity contribution < 1.29 is 14.7 Å². The van der Waals surface area contributed by atoms with Crippen LogP contribution >= 0.6 is 15.9 Å². The van der Waals surface area contributed by atoms with E-state index < -0.39 is 11.6 Å². The average molecular weight is 551 g/mol. The molecule has 0 bridgehead atoms. The number of aromatic hydroxyl groups is 1. The van der Waals surface area contributed by atoms with Gasteiger partial charge in [0.15, 0.2) is 0 Å². The highest BCUT2D eigenvalue weighted by atomic mass is 79.9. The number of likely N-dealkylation sites (tertiary alicyclic amines) is 1. The first-order valence-electron chi connectivity index (χ1n) is 12.8. The Morgan fingerprint density at radius 2 is 1.89 bits per heavy atom. The van der Waals surface area contributed by atoms with Gasteiger partial charge in [-0.2, -0.15) is 0 Å². The number of hydrogen-bond acceptors (Lipinski definition) is 4. The second-order valence-electron chi connectivity index (χ2n) is 10.5. The Hall–Kier alpha value is -2.84. The SMILES string of the molecule is CC12Cc3c([nH]c4ccc(Br)cc34)C(c3cccc(O)c3)N1C(=O)N(CCCN1CCCCC1)C2=O. The van der Waals surface area contributed by atoms with Crippen molar-refractivity contribution in [2.45, 2.75) is 50.6 Å². The average Bonchev–Trinajstić information content (AvgIpc) is 3.30. The molecular formula is C28H31BrN4O3. The summed E-state index contributed by atoms with van der Waals surface area (Å²) in [4.78, 5) is 37.0. The van der Waals surface area contributed by atoms with Crippen LogP contribution < -0.4 is 0 Å². The lowest BCUT2D eigenvalue weighted by Gasteiger charge is -2.42. The topological polar surface area (TPSA) is 79.9 Å². The molecule has 0 saturated carbocycles. The molecule has 2 N–H and O–H groups in total. The molecule has 2 fully saturated rings. The molecule has 0 aliphatic carbocycles. The molecule has 2 atom stereocenters. The van der Waals surface area contributed by atoms with Crippen molar-refractivity contribution in [2.75, 3.05) is 26.2 Å². The van der Waals surface area contributed by atoms with Gasteiger partial charge in [0.05, 0.1) is 0 Å². The molecule has 6 rings (SSSR count). The first kappa shape index (κ1) is 23.6. The van der Waals surface area contributed by atoms with Gasteiger partial charge in [-0.15, -0.1) is 0 Å². The van der Waals surface area contributed by atoms with Gasteiger partial charge in [-0.3, -0.25) is 14.6 Å². The largest absolute Gasteiger partial charge is 0.508 e. The van der Waals surface area contributed by atoms with Gasteiger partial charge < -0.3 is 15.0 Å². The second-order valence-corrected chi connectivity index (χ2v) is 11.4. The minimum Gasteiger partial charge on any atom is -0.508 e. The van der Waals surface area contributed by atoms with Crippen molar-refractivity contribution in [1.29, 1.82) is 0 Å². The van der Waals surface area contributed by atoms with E-state index in [1.54, 1.807) is 23.1 Å². The van der Waals surface area contributed by atoms with Crippen molar-refractivity contribution in [3.63, 3.8) is 0 Å². The standard InChI is InChI=1S/C28H31BrN4O3/c1-28-17-22-21-16-19(29)9-10-23(21)30-24(22)25(18-7-5-8-20(34)15-18)33(28)27(36)32(26(28)35)14-6-13-31-11-3-2-4-12-31/h5,7-10,15-16,25,30,34H,2-4,6,11-14,17H2,1H3. The predicted octanol–water partition coefficient (Wildman–Crippen LogP) is 5.18. The summed E-state index contributed by atoms with van der Waals surface area (Å²) in [5, 5.41) is 11.3. The summed E-state index contributed by atoms with van der Waals surface area (Å²) in [6, 6.07) is 12.3. The van der Waals surface area contributed by atoms with Crippen LogP contribution in [-0.2, 0) is 11.2 Å². The third-order valence-corrected chi connectivity index (χ3v) is 8.61. The summed E-state index contributed by atoms with van der Waals surface area (Å²) in [5.74, 6) is 0.00263. The minimum atomic E-state index is -0.997. The lowest BCUT2D eigenvalue weighted by molar-refractivity contribution is -0.133. The van der Waals surface area contributed by atoms with Crippen LogP contribution in [0.25, 0.3) is 10.9 Å². The number of imide groups is 1.